The number of nitrogens with two attached hydrogens (primary N) is 1. The van der Waals surface area contributed by atoms with Crippen molar-refractivity contribution in [2.45, 2.75) is 36.9 Å². The quantitative estimate of drug-likeness (QED) is 0.476. The van der Waals surface area contributed by atoms with Gasteiger partial charge in [0.2, 0.25) is 5.91 Å². The summed E-state index contributed by atoms with van der Waals surface area (Å²) in [4.78, 5) is 30.9. The van der Waals surface area contributed by atoms with Crippen molar-refractivity contribution < 1.29 is 9.59 Å². The van der Waals surface area contributed by atoms with E-state index in [1.165, 1.54) is 11.3 Å². The Bertz CT molecular complexity index is 1100. The number of carbonyl (C=O) groups excluding carboxylic acids is 2. The molecule has 7 nitrogen and oxygen atoms in total. The number of Topliss-reactive ketones (excluding diaryl/α,β-unsaturated/α-hetero) is 1. The van der Waals surface area contributed by atoms with Gasteiger partial charge in [-0.05, 0) is 30.5 Å². The van der Waals surface area contributed by atoms with E-state index in [1.54, 1.807) is 5.38 Å². The minimum atomic E-state index is -0.960. The van der Waals surface area contributed by atoms with E-state index < -0.39 is 23.9 Å². The first-order valence-corrected chi connectivity index (χ1v) is 11.7. The zero-order valence-corrected chi connectivity index (χ0v) is 18.8. The predicted octanol–water partition coefficient (Wildman–Crippen LogP) is 2.65. The molecule has 1 aromatic heterocycles. The molecule has 4 rings (SSSR count). The van der Waals surface area contributed by atoms with Gasteiger partial charge in [0.05, 0.1) is 12.1 Å². The Kier molecular flexibility index (Phi) is 7.25. The first kappa shape index (κ1) is 22.8. The maximum atomic E-state index is 13.4. The third kappa shape index (κ3) is 5.17. The minimum absolute atomic E-state index is 0.164. The van der Waals surface area contributed by atoms with Crippen LogP contribution in [0.15, 0.2) is 66.0 Å². The average Bonchev–Trinajstić information content (AvgIpc) is 3.56. The largest absolute Gasteiger partial charge is 0.339 e. The number of nitrogens with zero attached hydrogens (tertiary/aromatic N) is 2. The van der Waals surface area contributed by atoms with E-state index in [-0.39, 0.29) is 17.5 Å². The first-order valence-electron chi connectivity index (χ1n) is 10.9. The third-order valence-electron chi connectivity index (χ3n) is 5.84. The second-order valence-corrected chi connectivity index (χ2v) is 8.89. The molecule has 1 aliphatic heterocycles. The van der Waals surface area contributed by atoms with E-state index in [9.17, 15) is 9.59 Å². The van der Waals surface area contributed by atoms with Crippen LogP contribution in [0, 0.1) is 11.3 Å². The summed E-state index contributed by atoms with van der Waals surface area (Å²) in [5, 5.41) is 17.2. The number of nitriles is 1. The number of rotatable bonds is 8. The fraction of sp³-hybridized carbons (Fsp3) is 0.280. The smallest absolute Gasteiger partial charge is 0.238 e. The van der Waals surface area contributed by atoms with Crippen molar-refractivity contribution in [1.29, 1.82) is 5.26 Å². The number of amides is 1. The van der Waals surface area contributed by atoms with Gasteiger partial charge in [-0.1, -0.05) is 60.7 Å². The molecule has 33 heavy (non-hydrogen) atoms. The number of carbonyl (C=O) groups is 2. The van der Waals surface area contributed by atoms with Crippen LogP contribution in [-0.2, 0) is 9.59 Å². The summed E-state index contributed by atoms with van der Waals surface area (Å²) in [5.74, 6) is -1.00. The molecule has 0 radical (unpaired) electrons. The van der Waals surface area contributed by atoms with Crippen molar-refractivity contribution in [3.05, 3.63) is 87.9 Å². The lowest BCUT2D eigenvalue weighted by molar-refractivity contribution is -0.129. The Morgan fingerprint density at radius 3 is 2.27 bits per heavy atom. The fourth-order valence-corrected chi connectivity index (χ4v) is 4.97. The molecule has 1 saturated heterocycles. The van der Waals surface area contributed by atoms with Crippen molar-refractivity contribution in [3.8, 4) is 6.07 Å². The number of thiazole rings is 1. The standard InChI is InChI=1S/C25H25N5O2S/c26-14-18-15-33-25(29-18)22(23(31)19-12-7-13-28-19)30-24(32)21(27)20(16-8-3-1-4-9-16)17-10-5-2-6-11-17/h1-6,8-11,15,19-22,28H,7,12-13,27H2,(H,30,32)/t19-,21+,22?/m0/s1. The van der Waals surface area contributed by atoms with Crippen molar-refractivity contribution in [2.75, 3.05) is 6.54 Å². The zero-order valence-electron chi connectivity index (χ0n) is 18.0. The van der Waals surface area contributed by atoms with E-state index in [1.807, 2.05) is 66.7 Å². The van der Waals surface area contributed by atoms with Crippen molar-refractivity contribution >= 4 is 23.0 Å². The number of ketones is 1. The fourth-order valence-electron chi connectivity index (χ4n) is 4.17. The van der Waals surface area contributed by atoms with Gasteiger partial charge in [-0.2, -0.15) is 5.26 Å². The second kappa shape index (κ2) is 10.5. The molecule has 168 valence electrons. The molecule has 1 fully saturated rings. The number of nitrogens with one attached hydrogen (secondary N) is 2. The summed E-state index contributed by atoms with van der Waals surface area (Å²) in [6, 6.07) is 19.0. The predicted molar refractivity (Wildman–Crippen MR) is 126 cm³/mol. The number of hydrogen-bond acceptors (Lipinski definition) is 7. The normalized spacial score (nSPS) is 17.3. The SMILES string of the molecule is N#Cc1csc(C(NC(=O)[C@H](N)C(c2ccccc2)c2ccccc2)C(=O)[C@@H]2CCCN2)n1. The molecule has 3 aromatic rings. The highest BCUT2D eigenvalue weighted by atomic mass is 32.1. The summed E-state index contributed by atoms with van der Waals surface area (Å²) >= 11 is 1.19. The zero-order chi connectivity index (χ0) is 23.2. The van der Waals surface area contributed by atoms with Gasteiger partial charge in [0.1, 0.15) is 17.1 Å². The molecule has 0 spiro atoms. The van der Waals surface area contributed by atoms with E-state index in [0.717, 1.165) is 24.1 Å². The van der Waals surface area contributed by atoms with Crippen LogP contribution in [0.4, 0.5) is 0 Å². The van der Waals surface area contributed by atoms with Crippen molar-refractivity contribution in [3.63, 3.8) is 0 Å². The average molecular weight is 460 g/mol. The van der Waals surface area contributed by atoms with Crippen molar-refractivity contribution in [1.82, 2.24) is 15.6 Å². The molecule has 1 unspecified atom stereocenters. The molecule has 3 atom stereocenters. The van der Waals surface area contributed by atoms with Crippen LogP contribution in [0.25, 0.3) is 0 Å². The van der Waals surface area contributed by atoms with E-state index in [0.29, 0.717) is 11.4 Å². The molecule has 0 saturated carbocycles. The van der Waals surface area contributed by atoms with Crippen LogP contribution in [0.1, 0.15) is 46.6 Å². The molecule has 0 aliphatic carbocycles. The lowest BCUT2D eigenvalue weighted by atomic mass is 9.85. The molecular weight excluding hydrogens is 434 g/mol. The molecule has 1 amide bonds. The minimum Gasteiger partial charge on any atom is -0.339 e. The number of aromatic nitrogens is 1. The lowest BCUT2D eigenvalue weighted by Crippen LogP contribution is -2.49. The van der Waals surface area contributed by atoms with Crippen LogP contribution in [0.2, 0.25) is 0 Å². The van der Waals surface area contributed by atoms with Gasteiger partial charge in [0.15, 0.2) is 11.5 Å². The van der Waals surface area contributed by atoms with Crippen LogP contribution >= 0.6 is 11.3 Å². The number of benzene rings is 2. The summed E-state index contributed by atoms with van der Waals surface area (Å²) in [7, 11) is 0. The lowest BCUT2D eigenvalue weighted by Gasteiger charge is -2.27. The first-order chi connectivity index (χ1) is 16.1. The van der Waals surface area contributed by atoms with E-state index in [2.05, 4.69) is 15.6 Å². The summed E-state index contributed by atoms with van der Waals surface area (Å²) in [6.07, 6.45) is 1.59. The molecule has 2 heterocycles. The Labute approximate surface area is 196 Å². The molecule has 8 heteroatoms. The number of hydrogen-bond donors (Lipinski definition) is 3. The maximum Gasteiger partial charge on any atom is 0.238 e. The van der Waals surface area contributed by atoms with Crippen LogP contribution in [0.5, 0.6) is 0 Å². The van der Waals surface area contributed by atoms with Crippen LogP contribution in [-0.4, -0.2) is 35.3 Å². The van der Waals surface area contributed by atoms with E-state index in [4.69, 9.17) is 11.0 Å². The van der Waals surface area contributed by atoms with Gasteiger partial charge in [0, 0.05) is 11.3 Å². The van der Waals surface area contributed by atoms with Crippen LogP contribution < -0.4 is 16.4 Å². The second-order valence-electron chi connectivity index (χ2n) is 8.00. The molecule has 1 aliphatic rings. The van der Waals surface area contributed by atoms with Gasteiger partial charge in [-0.15, -0.1) is 11.3 Å². The highest BCUT2D eigenvalue weighted by Gasteiger charge is 2.36. The topological polar surface area (TPSA) is 121 Å². The van der Waals surface area contributed by atoms with Gasteiger partial charge in [-0.25, -0.2) is 4.98 Å². The van der Waals surface area contributed by atoms with Gasteiger partial charge in [-0.3, -0.25) is 9.59 Å². The monoisotopic (exact) mass is 459 g/mol. The summed E-state index contributed by atoms with van der Waals surface area (Å²) < 4.78 is 0. The Morgan fingerprint density at radius 1 is 1.12 bits per heavy atom. The van der Waals surface area contributed by atoms with E-state index >= 15 is 0 Å². The van der Waals surface area contributed by atoms with Gasteiger partial charge < -0.3 is 16.4 Å². The summed E-state index contributed by atoms with van der Waals surface area (Å²) in [6.45, 7) is 0.752. The Balaban J connectivity index is 1.63. The van der Waals surface area contributed by atoms with Crippen LogP contribution in [0.3, 0.4) is 0 Å². The highest BCUT2D eigenvalue weighted by molar-refractivity contribution is 7.10. The summed E-state index contributed by atoms with van der Waals surface area (Å²) in [5.41, 5.74) is 8.57. The van der Waals surface area contributed by atoms with Crippen molar-refractivity contribution in [2.24, 2.45) is 5.73 Å². The molecule has 0 bridgehead atoms. The maximum absolute atomic E-state index is 13.4. The van der Waals surface area contributed by atoms with Gasteiger partial charge in [0.25, 0.3) is 0 Å². The highest BCUT2D eigenvalue weighted by Crippen LogP contribution is 2.29. The Morgan fingerprint density at radius 2 is 1.76 bits per heavy atom. The molecular formula is C25H25N5O2S. The molecule has 2 aromatic carbocycles. The third-order valence-corrected chi connectivity index (χ3v) is 6.75. The Hall–Kier alpha value is -3.38. The van der Waals surface area contributed by atoms with Gasteiger partial charge >= 0.3 is 0 Å². The molecule has 4 N–H and O–H groups in total.